The predicted molar refractivity (Wildman–Crippen MR) is 85.4 cm³/mol. The van der Waals surface area contributed by atoms with Crippen LogP contribution in [0.4, 0.5) is 0 Å². The van der Waals surface area contributed by atoms with E-state index >= 15 is 0 Å². The van der Waals surface area contributed by atoms with Crippen LogP contribution in [-0.4, -0.2) is 37.0 Å². The smallest absolute Gasteiger partial charge is 0.222 e. The molecule has 6 nitrogen and oxygen atoms in total. The van der Waals surface area contributed by atoms with Gasteiger partial charge in [-0.1, -0.05) is 18.2 Å². The van der Waals surface area contributed by atoms with E-state index in [1.165, 1.54) is 0 Å². The standard InChI is InChI=1S/C15H19N3O3S/c1-18(15(19)7-4-8-22(16,20)21)11-12-9-13-5-2-3-6-14(13)17-10-12/h2-3,5-6,9-10H,4,7-8,11H2,1H3,(H2,16,20,21). The molecule has 1 heterocycles. The van der Waals surface area contributed by atoms with Gasteiger partial charge in [0.15, 0.2) is 0 Å². The Morgan fingerprint density at radius 3 is 2.77 bits per heavy atom. The zero-order chi connectivity index (χ0) is 16.2. The van der Waals surface area contributed by atoms with Gasteiger partial charge in [-0.15, -0.1) is 0 Å². The van der Waals surface area contributed by atoms with Crippen LogP contribution in [0.15, 0.2) is 36.5 Å². The van der Waals surface area contributed by atoms with Gasteiger partial charge in [0.05, 0.1) is 11.3 Å². The molecular formula is C15H19N3O3S. The number of fused-ring (bicyclic) bond motifs is 1. The summed E-state index contributed by atoms with van der Waals surface area (Å²) in [4.78, 5) is 17.9. The first-order valence-electron chi connectivity index (χ1n) is 6.93. The molecule has 0 radical (unpaired) electrons. The van der Waals surface area contributed by atoms with Gasteiger partial charge < -0.3 is 4.90 Å². The second-order valence-corrected chi connectivity index (χ2v) is 6.99. The highest BCUT2D eigenvalue weighted by atomic mass is 32.2. The van der Waals surface area contributed by atoms with Crippen molar-refractivity contribution in [3.63, 3.8) is 0 Å². The van der Waals surface area contributed by atoms with Crippen LogP contribution in [0.3, 0.4) is 0 Å². The Hall–Kier alpha value is -1.99. The quantitative estimate of drug-likeness (QED) is 0.867. The zero-order valence-corrected chi connectivity index (χ0v) is 13.2. The van der Waals surface area contributed by atoms with E-state index in [1.807, 2.05) is 30.3 Å². The Morgan fingerprint density at radius 2 is 2.05 bits per heavy atom. The maximum atomic E-state index is 12.0. The molecule has 0 atom stereocenters. The number of para-hydroxylation sites is 1. The van der Waals surface area contributed by atoms with Crippen LogP contribution in [0.2, 0.25) is 0 Å². The van der Waals surface area contributed by atoms with E-state index in [9.17, 15) is 13.2 Å². The molecule has 2 rings (SSSR count). The van der Waals surface area contributed by atoms with Gasteiger partial charge in [0.1, 0.15) is 0 Å². The summed E-state index contributed by atoms with van der Waals surface area (Å²) in [7, 11) is -1.82. The van der Waals surface area contributed by atoms with Crippen molar-refractivity contribution in [3.8, 4) is 0 Å². The zero-order valence-electron chi connectivity index (χ0n) is 12.4. The molecule has 0 aliphatic rings. The average Bonchev–Trinajstić information content (AvgIpc) is 2.45. The van der Waals surface area contributed by atoms with Gasteiger partial charge in [-0.05, 0) is 24.1 Å². The Kier molecular flexibility index (Phi) is 5.10. The minimum atomic E-state index is -3.51. The molecular weight excluding hydrogens is 302 g/mol. The van der Waals surface area contributed by atoms with Crippen LogP contribution in [-0.2, 0) is 21.4 Å². The first kappa shape index (κ1) is 16.4. The summed E-state index contributed by atoms with van der Waals surface area (Å²) in [6, 6.07) is 9.77. The van der Waals surface area contributed by atoms with Gasteiger partial charge in [-0.3, -0.25) is 9.78 Å². The molecule has 0 aliphatic carbocycles. The normalized spacial score (nSPS) is 11.5. The summed E-state index contributed by atoms with van der Waals surface area (Å²) >= 11 is 0. The predicted octanol–water partition coefficient (Wildman–Crippen LogP) is 1.26. The number of carbonyl (C=O) groups is 1. The molecule has 2 N–H and O–H groups in total. The van der Waals surface area contributed by atoms with E-state index in [2.05, 4.69) is 4.98 Å². The molecule has 0 unspecified atom stereocenters. The summed E-state index contributed by atoms with van der Waals surface area (Å²) < 4.78 is 21.7. The SMILES string of the molecule is CN(Cc1cnc2ccccc2c1)C(=O)CCCS(N)(=O)=O. The monoisotopic (exact) mass is 321 g/mol. The molecule has 2 aromatic rings. The lowest BCUT2D eigenvalue weighted by atomic mass is 10.1. The number of nitrogens with two attached hydrogens (primary N) is 1. The van der Waals surface area contributed by atoms with Crippen molar-refractivity contribution in [1.29, 1.82) is 0 Å². The third-order valence-electron chi connectivity index (χ3n) is 3.31. The Balaban J connectivity index is 1.94. The highest BCUT2D eigenvalue weighted by molar-refractivity contribution is 7.89. The van der Waals surface area contributed by atoms with Crippen molar-refractivity contribution in [2.45, 2.75) is 19.4 Å². The summed E-state index contributed by atoms with van der Waals surface area (Å²) in [5.41, 5.74) is 1.84. The number of carbonyl (C=O) groups excluding carboxylic acids is 1. The minimum absolute atomic E-state index is 0.114. The van der Waals surface area contributed by atoms with E-state index in [-0.39, 0.29) is 24.5 Å². The van der Waals surface area contributed by atoms with E-state index in [0.717, 1.165) is 16.5 Å². The van der Waals surface area contributed by atoms with Crippen LogP contribution in [0, 0.1) is 0 Å². The second kappa shape index (κ2) is 6.85. The first-order chi connectivity index (χ1) is 10.3. The summed E-state index contributed by atoms with van der Waals surface area (Å²) in [6.07, 6.45) is 2.14. The lowest BCUT2D eigenvalue weighted by Crippen LogP contribution is -2.27. The molecule has 0 fully saturated rings. The number of primary sulfonamides is 1. The molecule has 1 aromatic carbocycles. The highest BCUT2D eigenvalue weighted by Crippen LogP contribution is 2.14. The second-order valence-electron chi connectivity index (χ2n) is 5.26. The molecule has 7 heteroatoms. The topological polar surface area (TPSA) is 93.4 Å². The van der Waals surface area contributed by atoms with Crippen molar-refractivity contribution in [2.24, 2.45) is 5.14 Å². The molecule has 0 bridgehead atoms. The largest absolute Gasteiger partial charge is 0.341 e. The number of aromatic nitrogens is 1. The lowest BCUT2D eigenvalue weighted by molar-refractivity contribution is -0.130. The Bertz CT molecular complexity index is 774. The first-order valence-corrected chi connectivity index (χ1v) is 8.65. The molecule has 0 saturated carbocycles. The van der Waals surface area contributed by atoms with E-state index in [0.29, 0.717) is 6.54 Å². The van der Waals surface area contributed by atoms with Crippen molar-refractivity contribution in [1.82, 2.24) is 9.88 Å². The number of pyridine rings is 1. The van der Waals surface area contributed by atoms with Gasteiger partial charge in [0.2, 0.25) is 15.9 Å². The Morgan fingerprint density at radius 1 is 1.32 bits per heavy atom. The number of rotatable bonds is 6. The maximum Gasteiger partial charge on any atom is 0.222 e. The van der Waals surface area contributed by atoms with Gasteiger partial charge in [-0.2, -0.15) is 0 Å². The van der Waals surface area contributed by atoms with Crippen molar-refractivity contribution in [2.75, 3.05) is 12.8 Å². The number of benzene rings is 1. The van der Waals surface area contributed by atoms with E-state index < -0.39 is 10.0 Å². The maximum absolute atomic E-state index is 12.0. The average molecular weight is 321 g/mol. The third-order valence-corrected chi connectivity index (χ3v) is 4.17. The van der Waals surface area contributed by atoms with Crippen molar-refractivity contribution >= 4 is 26.8 Å². The summed E-state index contributed by atoms with van der Waals surface area (Å²) in [5, 5.41) is 5.94. The fourth-order valence-electron chi connectivity index (χ4n) is 2.18. The number of sulfonamides is 1. The number of hydrogen-bond donors (Lipinski definition) is 1. The number of amides is 1. The Labute approximate surface area is 130 Å². The fourth-order valence-corrected chi connectivity index (χ4v) is 2.73. The molecule has 1 amide bonds. The molecule has 118 valence electrons. The van der Waals surface area contributed by atoms with Crippen LogP contribution in [0.5, 0.6) is 0 Å². The van der Waals surface area contributed by atoms with E-state index in [4.69, 9.17) is 5.14 Å². The molecule has 0 saturated heterocycles. The van der Waals surface area contributed by atoms with Crippen molar-refractivity contribution < 1.29 is 13.2 Å². The van der Waals surface area contributed by atoms with E-state index in [1.54, 1.807) is 18.1 Å². The molecule has 22 heavy (non-hydrogen) atoms. The lowest BCUT2D eigenvalue weighted by Gasteiger charge is -2.17. The number of hydrogen-bond acceptors (Lipinski definition) is 4. The third kappa shape index (κ3) is 4.78. The summed E-state index contributed by atoms with van der Waals surface area (Å²) in [5.74, 6) is -0.291. The van der Waals surface area contributed by atoms with Crippen LogP contribution >= 0.6 is 0 Å². The highest BCUT2D eigenvalue weighted by Gasteiger charge is 2.11. The van der Waals surface area contributed by atoms with Crippen molar-refractivity contribution in [3.05, 3.63) is 42.1 Å². The molecule has 1 aromatic heterocycles. The van der Waals surface area contributed by atoms with Gasteiger partial charge in [0, 0.05) is 31.6 Å². The minimum Gasteiger partial charge on any atom is -0.341 e. The van der Waals surface area contributed by atoms with Gasteiger partial charge >= 0.3 is 0 Å². The molecule has 0 aliphatic heterocycles. The van der Waals surface area contributed by atoms with Crippen LogP contribution in [0.1, 0.15) is 18.4 Å². The molecule has 0 spiro atoms. The summed E-state index contributed by atoms with van der Waals surface area (Å²) in [6.45, 7) is 0.437. The fraction of sp³-hybridized carbons (Fsp3) is 0.333. The van der Waals surface area contributed by atoms with Crippen LogP contribution in [0.25, 0.3) is 10.9 Å². The van der Waals surface area contributed by atoms with Gasteiger partial charge in [-0.25, -0.2) is 13.6 Å². The van der Waals surface area contributed by atoms with Crippen LogP contribution < -0.4 is 5.14 Å². The van der Waals surface area contributed by atoms with Gasteiger partial charge in [0.25, 0.3) is 0 Å². The number of nitrogens with zero attached hydrogens (tertiary/aromatic N) is 2.